The summed E-state index contributed by atoms with van der Waals surface area (Å²) >= 11 is 0. The van der Waals surface area contributed by atoms with E-state index in [0.717, 1.165) is 35.6 Å². The van der Waals surface area contributed by atoms with Crippen molar-refractivity contribution in [2.75, 3.05) is 26.7 Å². The maximum Gasteiger partial charge on any atom is 0.271 e. The van der Waals surface area contributed by atoms with Crippen LogP contribution in [0.25, 0.3) is 0 Å². The van der Waals surface area contributed by atoms with Gasteiger partial charge in [-0.05, 0) is 11.5 Å². The van der Waals surface area contributed by atoms with Gasteiger partial charge in [-0.3, -0.25) is 9.79 Å². The number of likely N-dealkylation sites (N-methyl/N-ethyl adjacent to an activating group) is 1. The summed E-state index contributed by atoms with van der Waals surface area (Å²) in [6, 6.07) is 10.1. The SMILES string of the molecule is C=CCN1C(=O)C2=C(C(C(C)C)=NCCN2C)C1c1ccccc1. The van der Waals surface area contributed by atoms with Crippen LogP contribution in [0.5, 0.6) is 0 Å². The number of amides is 1. The molecule has 0 saturated carbocycles. The highest BCUT2D eigenvalue weighted by atomic mass is 16.2. The lowest BCUT2D eigenvalue weighted by Crippen LogP contribution is -2.34. The Labute approximate surface area is 144 Å². The molecule has 126 valence electrons. The molecule has 2 heterocycles. The first-order chi connectivity index (χ1) is 11.6. The Morgan fingerprint density at radius 3 is 2.67 bits per heavy atom. The zero-order valence-corrected chi connectivity index (χ0v) is 14.7. The summed E-state index contributed by atoms with van der Waals surface area (Å²) in [4.78, 5) is 22.0. The van der Waals surface area contributed by atoms with Crippen LogP contribution >= 0.6 is 0 Å². The molecule has 4 nitrogen and oxygen atoms in total. The molecule has 2 aliphatic heterocycles. The van der Waals surface area contributed by atoms with Gasteiger partial charge in [0.1, 0.15) is 5.70 Å². The normalized spacial score (nSPS) is 21.1. The van der Waals surface area contributed by atoms with Gasteiger partial charge in [0, 0.05) is 31.4 Å². The topological polar surface area (TPSA) is 35.9 Å². The van der Waals surface area contributed by atoms with Gasteiger partial charge in [0.15, 0.2) is 0 Å². The van der Waals surface area contributed by atoms with Gasteiger partial charge >= 0.3 is 0 Å². The minimum absolute atomic E-state index is 0.0801. The van der Waals surface area contributed by atoms with Crippen LogP contribution in [0.1, 0.15) is 25.5 Å². The summed E-state index contributed by atoms with van der Waals surface area (Å²) in [5.74, 6) is 0.362. The minimum Gasteiger partial charge on any atom is -0.368 e. The molecule has 3 rings (SSSR count). The Morgan fingerprint density at radius 2 is 2.04 bits per heavy atom. The molecule has 0 radical (unpaired) electrons. The highest BCUT2D eigenvalue weighted by molar-refractivity contribution is 6.13. The van der Waals surface area contributed by atoms with Crippen LogP contribution in [0.2, 0.25) is 0 Å². The van der Waals surface area contributed by atoms with Crippen molar-refractivity contribution in [3.8, 4) is 0 Å². The lowest BCUT2D eigenvalue weighted by molar-refractivity contribution is -0.127. The molecule has 0 aliphatic carbocycles. The van der Waals surface area contributed by atoms with Crippen LogP contribution in [0.15, 0.2) is 59.2 Å². The maximum absolute atomic E-state index is 13.2. The van der Waals surface area contributed by atoms with Gasteiger partial charge in [0.05, 0.1) is 12.6 Å². The molecule has 0 N–H and O–H groups in total. The number of hydrogen-bond donors (Lipinski definition) is 0. The number of hydrogen-bond acceptors (Lipinski definition) is 3. The van der Waals surface area contributed by atoms with Gasteiger partial charge in [-0.2, -0.15) is 0 Å². The summed E-state index contributed by atoms with van der Waals surface area (Å²) in [5.41, 5.74) is 4.06. The third kappa shape index (κ3) is 2.66. The average molecular weight is 323 g/mol. The molecule has 0 spiro atoms. The van der Waals surface area contributed by atoms with Crippen molar-refractivity contribution in [2.24, 2.45) is 10.9 Å². The van der Waals surface area contributed by atoms with Gasteiger partial charge in [-0.1, -0.05) is 50.3 Å². The monoisotopic (exact) mass is 323 g/mol. The largest absolute Gasteiger partial charge is 0.368 e. The zero-order chi connectivity index (χ0) is 17.3. The number of aliphatic imine (C=N–C) groups is 1. The first-order valence-corrected chi connectivity index (χ1v) is 8.53. The van der Waals surface area contributed by atoms with E-state index in [9.17, 15) is 4.79 Å². The molecule has 0 bridgehead atoms. The molecular weight excluding hydrogens is 298 g/mol. The fourth-order valence-corrected chi connectivity index (χ4v) is 3.60. The number of nitrogens with zero attached hydrogens (tertiary/aromatic N) is 3. The van der Waals surface area contributed by atoms with Crippen molar-refractivity contribution in [3.05, 3.63) is 59.8 Å². The quantitative estimate of drug-likeness (QED) is 0.799. The third-order valence-corrected chi connectivity index (χ3v) is 4.67. The summed E-state index contributed by atoms with van der Waals surface area (Å²) in [7, 11) is 1.99. The fourth-order valence-electron chi connectivity index (χ4n) is 3.60. The highest BCUT2D eigenvalue weighted by Gasteiger charge is 2.44. The lowest BCUT2D eigenvalue weighted by Gasteiger charge is -2.28. The first-order valence-electron chi connectivity index (χ1n) is 8.53. The average Bonchev–Trinajstić information content (AvgIpc) is 2.73. The molecule has 1 amide bonds. The molecular formula is C20H25N3O. The van der Waals surface area contributed by atoms with E-state index in [2.05, 4.69) is 37.5 Å². The Hall–Kier alpha value is -2.36. The van der Waals surface area contributed by atoms with Crippen molar-refractivity contribution in [3.63, 3.8) is 0 Å². The van der Waals surface area contributed by atoms with E-state index < -0.39 is 0 Å². The maximum atomic E-state index is 13.2. The molecule has 1 atom stereocenters. The van der Waals surface area contributed by atoms with Crippen LogP contribution in [-0.2, 0) is 4.79 Å². The van der Waals surface area contributed by atoms with E-state index in [-0.39, 0.29) is 17.9 Å². The van der Waals surface area contributed by atoms with E-state index in [1.165, 1.54) is 0 Å². The summed E-state index contributed by atoms with van der Waals surface area (Å²) in [5, 5.41) is 0. The second-order valence-electron chi connectivity index (χ2n) is 6.66. The van der Waals surface area contributed by atoms with E-state index in [0.29, 0.717) is 6.54 Å². The smallest absolute Gasteiger partial charge is 0.271 e. The third-order valence-electron chi connectivity index (χ3n) is 4.67. The molecule has 0 aromatic heterocycles. The Balaban J connectivity index is 2.21. The second-order valence-corrected chi connectivity index (χ2v) is 6.66. The predicted molar refractivity (Wildman–Crippen MR) is 97.9 cm³/mol. The van der Waals surface area contributed by atoms with E-state index in [1.54, 1.807) is 6.08 Å². The van der Waals surface area contributed by atoms with Crippen molar-refractivity contribution < 1.29 is 4.79 Å². The van der Waals surface area contributed by atoms with Crippen LogP contribution in [0.4, 0.5) is 0 Å². The van der Waals surface area contributed by atoms with Gasteiger partial charge in [-0.15, -0.1) is 6.58 Å². The summed E-state index contributed by atoms with van der Waals surface area (Å²) in [6.07, 6.45) is 1.80. The summed E-state index contributed by atoms with van der Waals surface area (Å²) < 4.78 is 0. The molecule has 1 aromatic carbocycles. The number of rotatable bonds is 4. The molecule has 4 heteroatoms. The standard InChI is InChI=1S/C20H25N3O/c1-5-12-23-18(15-9-7-6-8-10-15)16-17(14(2)3)21-11-13-22(4)19(16)20(23)24/h5-10,14,18H,1,11-13H2,2-4H3. The summed E-state index contributed by atoms with van der Waals surface area (Å²) in [6.45, 7) is 10.2. The predicted octanol–water partition coefficient (Wildman–Crippen LogP) is 3.05. The van der Waals surface area contributed by atoms with Gasteiger partial charge < -0.3 is 9.80 Å². The molecule has 2 aliphatic rings. The van der Waals surface area contributed by atoms with Crippen molar-refractivity contribution >= 4 is 11.6 Å². The Morgan fingerprint density at radius 1 is 1.33 bits per heavy atom. The molecule has 1 unspecified atom stereocenters. The van der Waals surface area contributed by atoms with Crippen LogP contribution in [0.3, 0.4) is 0 Å². The van der Waals surface area contributed by atoms with Crippen molar-refractivity contribution in [2.45, 2.75) is 19.9 Å². The van der Waals surface area contributed by atoms with E-state index in [1.807, 2.05) is 30.1 Å². The molecule has 0 fully saturated rings. The second kappa shape index (κ2) is 6.63. The highest BCUT2D eigenvalue weighted by Crippen LogP contribution is 2.41. The number of carbonyl (C=O) groups is 1. The van der Waals surface area contributed by atoms with Gasteiger partial charge in [0.2, 0.25) is 0 Å². The van der Waals surface area contributed by atoms with Gasteiger partial charge in [0.25, 0.3) is 5.91 Å². The fraction of sp³-hybridized carbons (Fsp3) is 0.400. The number of carbonyl (C=O) groups excluding carboxylic acids is 1. The van der Waals surface area contributed by atoms with Crippen molar-refractivity contribution in [1.82, 2.24) is 9.80 Å². The molecule has 1 aromatic rings. The minimum atomic E-state index is -0.0894. The van der Waals surface area contributed by atoms with Crippen LogP contribution in [-0.4, -0.2) is 48.1 Å². The Kier molecular flexibility index (Phi) is 4.56. The number of benzene rings is 1. The molecule has 24 heavy (non-hydrogen) atoms. The van der Waals surface area contributed by atoms with Crippen LogP contribution < -0.4 is 0 Å². The van der Waals surface area contributed by atoms with Crippen molar-refractivity contribution in [1.29, 1.82) is 0 Å². The lowest BCUT2D eigenvalue weighted by atomic mass is 9.90. The van der Waals surface area contributed by atoms with E-state index >= 15 is 0 Å². The van der Waals surface area contributed by atoms with Crippen LogP contribution in [0, 0.1) is 5.92 Å². The first kappa shape index (κ1) is 16.5. The Bertz CT molecular complexity index is 703. The molecule has 0 saturated heterocycles. The van der Waals surface area contributed by atoms with E-state index in [4.69, 9.17) is 4.99 Å². The zero-order valence-electron chi connectivity index (χ0n) is 14.7. The van der Waals surface area contributed by atoms with Gasteiger partial charge in [-0.25, -0.2) is 0 Å².